The molecule has 3 rings (SSSR count). The second-order valence-electron chi connectivity index (χ2n) is 5.78. The Labute approximate surface area is 113 Å². The number of nitrogens with one attached hydrogen (secondary N) is 2. The quantitative estimate of drug-likeness (QED) is 0.798. The predicted molar refractivity (Wildman–Crippen MR) is 71.9 cm³/mol. The average Bonchev–Trinajstić information content (AvgIpc) is 3.13. The summed E-state index contributed by atoms with van der Waals surface area (Å²) in [6.07, 6.45) is 2.58. The van der Waals surface area contributed by atoms with Crippen LogP contribution < -0.4 is 5.32 Å². The van der Waals surface area contributed by atoms with E-state index in [0.29, 0.717) is 11.1 Å². The summed E-state index contributed by atoms with van der Waals surface area (Å²) >= 11 is 0. The number of carbonyl (C=O) groups excluding carboxylic acids is 1. The Bertz CT molecular complexity index is 463. The minimum Gasteiger partial charge on any atom is -0.464 e. The van der Waals surface area contributed by atoms with Gasteiger partial charge in [0.2, 0.25) is 0 Å². The number of hydrogen-bond acceptors (Lipinski definition) is 4. The van der Waals surface area contributed by atoms with Crippen LogP contribution in [0, 0.1) is 5.41 Å². The molecule has 104 valence electrons. The first-order valence-corrected chi connectivity index (χ1v) is 6.90. The summed E-state index contributed by atoms with van der Waals surface area (Å²) in [5.74, 6) is -0.302. The highest BCUT2D eigenvalue weighted by Gasteiger charge is 2.40. The minimum absolute atomic E-state index is 0.302. The highest BCUT2D eigenvalue weighted by Crippen LogP contribution is 2.36. The number of rotatable bonds is 3. The summed E-state index contributed by atoms with van der Waals surface area (Å²) in [6.45, 7) is 5.50. The van der Waals surface area contributed by atoms with Crippen molar-refractivity contribution >= 4 is 5.97 Å². The molecule has 2 aliphatic heterocycles. The van der Waals surface area contributed by atoms with Gasteiger partial charge in [-0.15, -0.1) is 0 Å². The summed E-state index contributed by atoms with van der Waals surface area (Å²) in [5.41, 5.74) is 2.12. The predicted octanol–water partition coefficient (Wildman–Crippen LogP) is 0.987. The first-order valence-electron chi connectivity index (χ1n) is 6.90. The second-order valence-corrected chi connectivity index (χ2v) is 5.78. The number of hydrogen-bond donors (Lipinski definition) is 2. The topological polar surface area (TPSA) is 57.4 Å². The molecule has 0 bridgehead atoms. The summed E-state index contributed by atoms with van der Waals surface area (Å²) in [6, 6.07) is 3.77. The van der Waals surface area contributed by atoms with Crippen molar-refractivity contribution in [1.29, 1.82) is 0 Å². The Balaban J connectivity index is 1.60. The maximum Gasteiger partial charge on any atom is 0.354 e. The van der Waals surface area contributed by atoms with E-state index in [2.05, 4.69) is 15.2 Å². The van der Waals surface area contributed by atoms with Crippen molar-refractivity contribution in [2.24, 2.45) is 5.41 Å². The molecule has 2 aliphatic rings. The van der Waals surface area contributed by atoms with Crippen molar-refractivity contribution in [2.75, 3.05) is 33.3 Å². The number of carbonyl (C=O) groups is 1. The molecule has 19 heavy (non-hydrogen) atoms. The summed E-state index contributed by atoms with van der Waals surface area (Å²) < 4.78 is 4.70. The van der Waals surface area contributed by atoms with Crippen LogP contribution in [0.5, 0.6) is 0 Å². The lowest BCUT2D eigenvalue weighted by molar-refractivity contribution is 0.0594. The van der Waals surface area contributed by atoms with Crippen LogP contribution in [0.25, 0.3) is 0 Å². The van der Waals surface area contributed by atoms with Gasteiger partial charge in [-0.05, 0) is 43.5 Å². The van der Waals surface area contributed by atoms with E-state index in [4.69, 9.17) is 4.74 Å². The molecule has 0 radical (unpaired) electrons. The van der Waals surface area contributed by atoms with E-state index >= 15 is 0 Å². The molecular weight excluding hydrogens is 242 g/mol. The third-order valence-corrected chi connectivity index (χ3v) is 4.40. The maximum atomic E-state index is 11.4. The molecule has 1 aromatic heterocycles. The normalized spacial score (nSPS) is 27.2. The number of aromatic amines is 1. The molecule has 0 saturated carbocycles. The minimum atomic E-state index is -0.302. The monoisotopic (exact) mass is 263 g/mol. The van der Waals surface area contributed by atoms with Gasteiger partial charge in [0.05, 0.1) is 7.11 Å². The van der Waals surface area contributed by atoms with Gasteiger partial charge in [0.25, 0.3) is 0 Å². The van der Waals surface area contributed by atoms with E-state index < -0.39 is 0 Å². The standard InChI is InChI=1S/C14H21N3O2/c1-19-13(18)12-3-2-11(16-12)8-17-7-5-14(10-17)4-6-15-9-14/h2-3,15-16H,4-10H2,1H3. The highest BCUT2D eigenvalue weighted by molar-refractivity contribution is 5.87. The van der Waals surface area contributed by atoms with Crippen LogP contribution in [-0.2, 0) is 11.3 Å². The van der Waals surface area contributed by atoms with Crippen LogP contribution in [0.2, 0.25) is 0 Å². The van der Waals surface area contributed by atoms with Crippen LogP contribution in [0.3, 0.4) is 0 Å². The third-order valence-electron chi connectivity index (χ3n) is 4.40. The van der Waals surface area contributed by atoms with E-state index in [-0.39, 0.29) is 5.97 Å². The molecule has 0 amide bonds. The van der Waals surface area contributed by atoms with E-state index in [1.54, 1.807) is 6.07 Å². The van der Waals surface area contributed by atoms with Crippen LogP contribution >= 0.6 is 0 Å². The fourth-order valence-electron chi connectivity index (χ4n) is 3.31. The summed E-state index contributed by atoms with van der Waals surface area (Å²) in [4.78, 5) is 17.0. The molecule has 5 heteroatoms. The van der Waals surface area contributed by atoms with Crippen molar-refractivity contribution in [1.82, 2.24) is 15.2 Å². The van der Waals surface area contributed by atoms with E-state index in [0.717, 1.165) is 38.4 Å². The number of H-pyrrole nitrogens is 1. The van der Waals surface area contributed by atoms with Gasteiger partial charge < -0.3 is 15.0 Å². The number of ether oxygens (including phenoxy) is 1. The van der Waals surface area contributed by atoms with Crippen LogP contribution in [0.4, 0.5) is 0 Å². The summed E-state index contributed by atoms with van der Waals surface area (Å²) in [5, 5.41) is 3.47. The van der Waals surface area contributed by atoms with Crippen LogP contribution in [-0.4, -0.2) is 49.1 Å². The van der Waals surface area contributed by atoms with Gasteiger partial charge in [-0.25, -0.2) is 4.79 Å². The lowest BCUT2D eigenvalue weighted by Gasteiger charge is -2.22. The molecule has 1 aromatic rings. The molecule has 2 fully saturated rings. The summed E-state index contributed by atoms with van der Waals surface area (Å²) in [7, 11) is 1.40. The smallest absolute Gasteiger partial charge is 0.354 e. The molecule has 2 N–H and O–H groups in total. The third kappa shape index (κ3) is 2.53. The maximum absolute atomic E-state index is 11.4. The Morgan fingerprint density at radius 1 is 1.47 bits per heavy atom. The SMILES string of the molecule is COC(=O)c1ccc(CN2CCC3(CCNC3)C2)[nH]1. The van der Waals surface area contributed by atoms with Gasteiger partial charge >= 0.3 is 5.97 Å². The lowest BCUT2D eigenvalue weighted by atomic mass is 9.87. The molecule has 0 aliphatic carbocycles. The molecule has 3 heterocycles. The molecular formula is C14H21N3O2. The van der Waals surface area contributed by atoms with Gasteiger partial charge in [0.1, 0.15) is 5.69 Å². The Morgan fingerprint density at radius 3 is 3.11 bits per heavy atom. The molecule has 2 saturated heterocycles. The van der Waals surface area contributed by atoms with Gasteiger partial charge in [0, 0.05) is 25.3 Å². The fourth-order valence-corrected chi connectivity index (χ4v) is 3.31. The Kier molecular flexibility index (Phi) is 3.33. The molecule has 1 spiro atoms. The van der Waals surface area contributed by atoms with Crippen molar-refractivity contribution < 1.29 is 9.53 Å². The van der Waals surface area contributed by atoms with E-state index in [1.165, 1.54) is 20.0 Å². The van der Waals surface area contributed by atoms with Gasteiger partial charge in [-0.2, -0.15) is 0 Å². The second kappa shape index (κ2) is 4.98. The van der Waals surface area contributed by atoms with Crippen molar-refractivity contribution in [2.45, 2.75) is 19.4 Å². The number of aromatic nitrogens is 1. The van der Waals surface area contributed by atoms with Gasteiger partial charge in [-0.1, -0.05) is 0 Å². The highest BCUT2D eigenvalue weighted by atomic mass is 16.5. The zero-order chi connectivity index (χ0) is 13.3. The zero-order valence-electron chi connectivity index (χ0n) is 11.4. The fraction of sp³-hybridized carbons (Fsp3) is 0.643. The van der Waals surface area contributed by atoms with Crippen molar-refractivity contribution in [3.8, 4) is 0 Å². The van der Waals surface area contributed by atoms with Gasteiger partial charge in [-0.3, -0.25) is 4.90 Å². The van der Waals surface area contributed by atoms with E-state index in [9.17, 15) is 4.79 Å². The number of esters is 1. The number of nitrogens with zero attached hydrogens (tertiary/aromatic N) is 1. The molecule has 1 unspecified atom stereocenters. The first-order chi connectivity index (χ1) is 9.21. The van der Waals surface area contributed by atoms with Crippen LogP contribution in [0.15, 0.2) is 12.1 Å². The number of methoxy groups -OCH3 is 1. The first kappa shape index (κ1) is 12.7. The van der Waals surface area contributed by atoms with Crippen molar-refractivity contribution in [3.05, 3.63) is 23.5 Å². The molecule has 0 aromatic carbocycles. The Hall–Kier alpha value is -1.33. The van der Waals surface area contributed by atoms with E-state index in [1.807, 2.05) is 6.07 Å². The Morgan fingerprint density at radius 2 is 2.37 bits per heavy atom. The van der Waals surface area contributed by atoms with Crippen LogP contribution in [0.1, 0.15) is 29.0 Å². The lowest BCUT2D eigenvalue weighted by Crippen LogP contribution is -2.29. The molecule has 1 atom stereocenters. The van der Waals surface area contributed by atoms with Crippen molar-refractivity contribution in [3.63, 3.8) is 0 Å². The largest absolute Gasteiger partial charge is 0.464 e. The van der Waals surface area contributed by atoms with Gasteiger partial charge in [0.15, 0.2) is 0 Å². The number of likely N-dealkylation sites (tertiary alicyclic amines) is 1. The average molecular weight is 263 g/mol. The zero-order valence-corrected chi connectivity index (χ0v) is 11.4. The molecule has 5 nitrogen and oxygen atoms in total.